The first kappa shape index (κ1) is 11.0. The van der Waals surface area contributed by atoms with Gasteiger partial charge in [0.2, 0.25) is 0 Å². The average Bonchev–Trinajstić information content (AvgIpc) is 2.22. The van der Waals surface area contributed by atoms with Gasteiger partial charge >= 0.3 is 5.97 Å². The Morgan fingerprint density at radius 2 is 2.00 bits per heavy atom. The van der Waals surface area contributed by atoms with E-state index >= 15 is 0 Å². The fourth-order valence-electron chi connectivity index (χ4n) is 2.06. The number of carboxylic acids is 1. The van der Waals surface area contributed by atoms with Crippen molar-refractivity contribution in [3.63, 3.8) is 0 Å². The Morgan fingerprint density at radius 3 is 2.50 bits per heavy atom. The number of carboxylic acid groups (broad SMARTS) is 1. The number of nitrogens with zero attached hydrogens (tertiary/aromatic N) is 1. The van der Waals surface area contributed by atoms with Crippen molar-refractivity contribution >= 4 is 11.7 Å². The Balaban J connectivity index is 2.05. The highest BCUT2D eigenvalue weighted by atomic mass is 16.4. The Labute approximate surface area is 95.7 Å². The lowest BCUT2D eigenvalue weighted by molar-refractivity contribution is -0.136. The van der Waals surface area contributed by atoms with Gasteiger partial charge in [-0.05, 0) is 31.4 Å². The van der Waals surface area contributed by atoms with E-state index in [0.29, 0.717) is 12.6 Å². The summed E-state index contributed by atoms with van der Waals surface area (Å²) in [6.45, 7) is 0.615. The van der Waals surface area contributed by atoms with Crippen LogP contribution in [0.15, 0.2) is 30.3 Å². The monoisotopic (exact) mass is 219 g/mol. The molecule has 0 aromatic heterocycles. The zero-order chi connectivity index (χ0) is 11.4. The third kappa shape index (κ3) is 2.54. The highest BCUT2D eigenvalue weighted by Gasteiger charge is 2.25. The van der Waals surface area contributed by atoms with E-state index in [1.165, 1.54) is 19.3 Å². The molecule has 0 bridgehead atoms. The van der Waals surface area contributed by atoms with E-state index in [4.69, 9.17) is 5.11 Å². The van der Waals surface area contributed by atoms with Crippen LogP contribution in [0, 0.1) is 0 Å². The summed E-state index contributed by atoms with van der Waals surface area (Å²) < 4.78 is 0. The maximum Gasteiger partial charge on any atom is 0.305 e. The topological polar surface area (TPSA) is 40.5 Å². The summed E-state index contributed by atoms with van der Waals surface area (Å²) in [5.74, 6) is -0.722. The molecule has 3 nitrogen and oxygen atoms in total. The van der Waals surface area contributed by atoms with Crippen LogP contribution in [-0.2, 0) is 4.79 Å². The van der Waals surface area contributed by atoms with Crippen molar-refractivity contribution < 1.29 is 9.90 Å². The van der Waals surface area contributed by atoms with E-state index in [0.717, 1.165) is 5.69 Å². The van der Waals surface area contributed by atoms with Gasteiger partial charge < -0.3 is 10.0 Å². The molecule has 1 N–H and O–H groups in total. The van der Waals surface area contributed by atoms with Gasteiger partial charge in [-0.1, -0.05) is 18.2 Å². The molecule has 0 saturated heterocycles. The number of benzene rings is 1. The molecule has 1 saturated carbocycles. The van der Waals surface area contributed by atoms with Crippen LogP contribution in [0.5, 0.6) is 0 Å². The summed E-state index contributed by atoms with van der Waals surface area (Å²) in [5, 5.41) is 8.76. The lowest BCUT2D eigenvalue weighted by atomic mass is 9.91. The first-order chi connectivity index (χ1) is 7.77. The summed E-state index contributed by atoms with van der Waals surface area (Å²) in [6, 6.07) is 10.6. The van der Waals surface area contributed by atoms with Crippen LogP contribution in [-0.4, -0.2) is 23.7 Å². The summed E-state index contributed by atoms with van der Waals surface area (Å²) in [6.07, 6.45) is 3.86. The van der Waals surface area contributed by atoms with Gasteiger partial charge in [0.1, 0.15) is 0 Å². The largest absolute Gasteiger partial charge is 0.481 e. The normalized spacial score (nSPS) is 15.5. The number of para-hydroxylation sites is 1. The number of aliphatic carboxylic acids is 1. The van der Waals surface area contributed by atoms with Gasteiger partial charge in [0.25, 0.3) is 0 Å². The molecule has 1 aromatic rings. The van der Waals surface area contributed by atoms with Crippen LogP contribution < -0.4 is 4.90 Å². The van der Waals surface area contributed by atoms with Gasteiger partial charge in [-0.15, -0.1) is 0 Å². The van der Waals surface area contributed by atoms with Gasteiger partial charge in [-0.3, -0.25) is 4.79 Å². The van der Waals surface area contributed by atoms with E-state index in [1.54, 1.807) is 0 Å². The fraction of sp³-hybridized carbons (Fsp3) is 0.462. The highest BCUT2D eigenvalue weighted by molar-refractivity contribution is 5.67. The van der Waals surface area contributed by atoms with Crippen molar-refractivity contribution in [3.05, 3.63) is 30.3 Å². The summed E-state index contributed by atoms with van der Waals surface area (Å²) in [5.41, 5.74) is 1.15. The van der Waals surface area contributed by atoms with Crippen molar-refractivity contribution in [3.8, 4) is 0 Å². The SMILES string of the molecule is O=C(O)CCN(c1ccccc1)C1CCC1. The number of hydrogen-bond donors (Lipinski definition) is 1. The molecular formula is C13H17NO2. The lowest BCUT2D eigenvalue weighted by Gasteiger charge is -2.39. The lowest BCUT2D eigenvalue weighted by Crippen LogP contribution is -2.41. The van der Waals surface area contributed by atoms with Crippen LogP contribution in [0.25, 0.3) is 0 Å². The maximum atomic E-state index is 10.6. The molecule has 0 spiro atoms. The van der Waals surface area contributed by atoms with Crippen LogP contribution in [0.3, 0.4) is 0 Å². The molecule has 0 heterocycles. The van der Waals surface area contributed by atoms with E-state index in [-0.39, 0.29) is 6.42 Å². The van der Waals surface area contributed by atoms with Crippen molar-refractivity contribution in [1.82, 2.24) is 0 Å². The van der Waals surface area contributed by atoms with Gasteiger partial charge in [-0.2, -0.15) is 0 Å². The quantitative estimate of drug-likeness (QED) is 0.827. The Hall–Kier alpha value is -1.51. The first-order valence-electron chi connectivity index (χ1n) is 5.81. The summed E-state index contributed by atoms with van der Waals surface area (Å²) >= 11 is 0. The molecular weight excluding hydrogens is 202 g/mol. The van der Waals surface area contributed by atoms with Crippen molar-refractivity contribution in [2.24, 2.45) is 0 Å². The molecule has 0 aliphatic heterocycles. The molecule has 3 heteroatoms. The summed E-state index contributed by atoms with van der Waals surface area (Å²) in [4.78, 5) is 12.9. The number of anilines is 1. The Bertz CT molecular complexity index is 346. The number of hydrogen-bond acceptors (Lipinski definition) is 2. The summed E-state index contributed by atoms with van der Waals surface area (Å²) in [7, 11) is 0. The van der Waals surface area contributed by atoms with Crippen LogP contribution in [0.2, 0.25) is 0 Å². The Morgan fingerprint density at radius 1 is 1.31 bits per heavy atom. The standard InChI is InChI=1S/C13H17NO2/c15-13(16)9-10-14(12-7-4-8-12)11-5-2-1-3-6-11/h1-3,5-6,12H,4,7-10H2,(H,15,16). The van der Waals surface area contributed by atoms with E-state index in [9.17, 15) is 4.79 Å². The second-order valence-electron chi connectivity index (χ2n) is 4.26. The van der Waals surface area contributed by atoms with Crippen molar-refractivity contribution in [2.75, 3.05) is 11.4 Å². The van der Waals surface area contributed by atoms with E-state index < -0.39 is 5.97 Å². The van der Waals surface area contributed by atoms with Gasteiger partial charge in [0.15, 0.2) is 0 Å². The Kier molecular flexibility index (Phi) is 3.44. The second kappa shape index (κ2) is 5.01. The smallest absolute Gasteiger partial charge is 0.305 e. The molecule has 1 aliphatic carbocycles. The van der Waals surface area contributed by atoms with Crippen molar-refractivity contribution in [1.29, 1.82) is 0 Å². The molecule has 0 unspecified atom stereocenters. The molecule has 86 valence electrons. The average molecular weight is 219 g/mol. The highest BCUT2D eigenvalue weighted by Crippen LogP contribution is 2.29. The molecule has 1 aliphatic rings. The number of rotatable bonds is 5. The van der Waals surface area contributed by atoms with E-state index in [2.05, 4.69) is 17.0 Å². The van der Waals surface area contributed by atoms with Gasteiger partial charge in [0.05, 0.1) is 6.42 Å². The molecule has 2 rings (SSSR count). The predicted molar refractivity (Wildman–Crippen MR) is 63.7 cm³/mol. The predicted octanol–water partition coefficient (Wildman–Crippen LogP) is 2.52. The molecule has 1 fully saturated rings. The van der Waals surface area contributed by atoms with Crippen molar-refractivity contribution in [2.45, 2.75) is 31.7 Å². The number of carbonyl (C=O) groups is 1. The minimum absolute atomic E-state index is 0.214. The zero-order valence-electron chi connectivity index (χ0n) is 9.30. The van der Waals surface area contributed by atoms with Crippen LogP contribution >= 0.6 is 0 Å². The minimum atomic E-state index is -0.722. The molecule has 16 heavy (non-hydrogen) atoms. The maximum absolute atomic E-state index is 10.6. The van der Waals surface area contributed by atoms with E-state index in [1.807, 2.05) is 18.2 Å². The fourth-order valence-corrected chi connectivity index (χ4v) is 2.06. The molecule has 1 aromatic carbocycles. The van der Waals surface area contributed by atoms with Crippen LogP contribution in [0.1, 0.15) is 25.7 Å². The molecule has 0 amide bonds. The third-order valence-corrected chi connectivity index (χ3v) is 3.17. The molecule has 0 radical (unpaired) electrons. The third-order valence-electron chi connectivity index (χ3n) is 3.17. The second-order valence-corrected chi connectivity index (χ2v) is 4.26. The minimum Gasteiger partial charge on any atom is -0.481 e. The zero-order valence-corrected chi connectivity index (χ0v) is 9.30. The molecule has 0 atom stereocenters. The van der Waals surface area contributed by atoms with Crippen LogP contribution in [0.4, 0.5) is 5.69 Å². The van der Waals surface area contributed by atoms with Gasteiger partial charge in [0, 0.05) is 18.3 Å². The van der Waals surface area contributed by atoms with Gasteiger partial charge in [-0.25, -0.2) is 0 Å². The first-order valence-corrected chi connectivity index (χ1v) is 5.81.